The molecular weight excluding hydrogens is 351 g/mol. The van der Waals surface area contributed by atoms with Crippen LogP contribution < -0.4 is 5.32 Å². The van der Waals surface area contributed by atoms with Crippen molar-refractivity contribution in [3.05, 3.63) is 51.6 Å². The minimum Gasteiger partial charge on any atom is -0.363 e. The lowest BCUT2D eigenvalue weighted by Gasteiger charge is -2.18. The Kier molecular flexibility index (Phi) is 4.16. The number of anilines is 1. The fourth-order valence-electron chi connectivity index (χ4n) is 1.95. The van der Waals surface area contributed by atoms with E-state index in [1.165, 1.54) is 35.6 Å². The highest BCUT2D eigenvalue weighted by atomic mass is 35.5. The summed E-state index contributed by atoms with van der Waals surface area (Å²) in [6.07, 6.45) is 0. The predicted molar refractivity (Wildman–Crippen MR) is 86.3 cm³/mol. The summed E-state index contributed by atoms with van der Waals surface area (Å²) in [5, 5.41) is 5.56. The topological polar surface area (TPSA) is 37.8 Å². The first-order valence-electron chi connectivity index (χ1n) is 6.24. The molecule has 22 heavy (non-hydrogen) atoms. The van der Waals surface area contributed by atoms with Crippen molar-refractivity contribution in [3.63, 3.8) is 0 Å². The van der Waals surface area contributed by atoms with Gasteiger partial charge in [-0.25, -0.2) is 9.97 Å². The van der Waals surface area contributed by atoms with Crippen LogP contribution in [0.25, 0.3) is 10.2 Å². The fraction of sp³-hybridized carbons (Fsp3) is 0.143. The van der Waals surface area contributed by atoms with E-state index in [4.69, 9.17) is 23.2 Å². The van der Waals surface area contributed by atoms with Crippen molar-refractivity contribution in [2.45, 2.75) is 5.92 Å². The van der Waals surface area contributed by atoms with E-state index in [0.717, 1.165) is 0 Å². The van der Waals surface area contributed by atoms with Gasteiger partial charge in [0.05, 0.1) is 11.9 Å². The summed E-state index contributed by atoms with van der Waals surface area (Å²) < 4.78 is 28.4. The molecule has 0 unspecified atom stereocenters. The number of hydrogen-bond acceptors (Lipinski definition) is 4. The maximum absolute atomic E-state index is 14.2. The molecule has 0 aliphatic rings. The van der Waals surface area contributed by atoms with Gasteiger partial charge >= 0.3 is 0 Å². The first-order chi connectivity index (χ1) is 10.5. The van der Waals surface area contributed by atoms with Gasteiger partial charge in [-0.1, -0.05) is 23.7 Å². The number of halogens is 4. The Morgan fingerprint density at radius 2 is 1.82 bits per heavy atom. The molecule has 0 atom stereocenters. The molecule has 3 nitrogen and oxygen atoms in total. The lowest BCUT2D eigenvalue weighted by molar-refractivity contribution is 0.0106. The van der Waals surface area contributed by atoms with E-state index in [1.807, 2.05) is 0 Å². The Hall–Kier alpha value is -1.50. The van der Waals surface area contributed by atoms with E-state index >= 15 is 0 Å². The summed E-state index contributed by atoms with van der Waals surface area (Å²) in [5.41, 5.74) is -0.119. The lowest BCUT2D eigenvalue weighted by atomic mass is 10.1. The summed E-state index contributed by atoms with van der Waals surface area (Å²) in [4.78, 5) is 8.67. The smallest absolute Gasteiger partial charge is 0.290 e. The highest BCUT2D eigenvalue weighted by Gasteiger charge is 2.31. The molecule has 2 heterocycles. The van der Waals surface area contributed by atoms with Crippen molar-refractivity contribution in [3.8, 4) is 0 Å². The molecule has 0 spiro atoms. The van der Waals surface area contributed by atoms with Gasteiger partial charge in [0.15, 0.2) is 0 Å². The standard InChI is InChI=1S/C14H9Cl2F2N3S/c15-9-3-1-8(2-4-9)14(17,18)7-19-11-10-5-6-22-12(10)21-13(16)20-11/h1-6H,7H2,(H,19,20,21). The number of nitrogens with zero attached hydrogens (tertiary/aromatic N) is 2. The quantitative estimate of drug-likeness (QED) is 0.650. The van der Waals surface area contributed by atoms with Crippen molar-refractivity contribution in [2.24, 2.45) is 0 Å². The molecule has 3 aromatic rings. The molecule has 0 saturated heterocycles. The largest absolute Gasteiger partial charge is 0.363 e. The van der Waals surface area contributed by atoms with E-state index in [2.05, 4.69) is 15.3 Å². The van der Waals surface area contributed by atoms with Gasteiger partial charge in [0.25, 0.3) is 5.92 Å². The zero-order valence-corrected chi connectivity index (χ0v) is 13.3. The van der Waals surface area contributed by atoms with Gasteiger partial charge in [0, 0.05) is 10.6 Å². The summed E-state index contributed by atoms with van der Waals surface area (Å²) in [6, 6.07) is 7.24. The van der Waals surface area contributed by atoms with Crippen LogP contribution in [-0.2, 0) is 5.92 Å². The molecule has 1 aromatic carbocycles. The first-order valence-corrected chi connectivity index (χ1v) is 7.88. The Morgan fingerprint density at radius 1 is 1.09 bits per heavy atom. The predicted octanol–water partition coefficient (Wildman–Crippen LogP) is 5.20. The van der Waals surface area contributed by atoms with Crippen LogP contribution in [0.3, 0.4) is 0 Å². The number of rotatable bonds is 4. The molecule has 2 aromatic heterocycles. The van der Waals surface area contributed by atoms with Crippen molar-refractivity contribution < 1.29 is 8.78 Å². The van der Waals surface area contributed by atoms with Gasteiger partial charge in [-0.15, -0.1) is 11.3 Å². The van der Waals surface area contributed by atoms with Crippen LogP contribution in [0.5, 0.6) is 0 Å². The van der Waals surface area contributed by atoms with E-state index in [1.54, 1.807) is 11.4 Å². The molecule has 0 saturated carbocycles. The molecular formula is C14H9Cl2F2N3S. The number of aromatic nitrogens is 2. The van der Waals surface area contributed by atoms with Gasteiger partial charge in [-0.2, -0.15) is 8.78 Å². The van der Waals surface area contributed by atoms with Gasteiger partial charge in [0.1, 0.15) is 10.6 Å². The Balaban J connectivity index is 1.83. The molecule has 1 N–H and O–H groups in total. The third-order valence-electron chi connectivity index (χ3n) is 3.04. The first kappa shape index (κ1) is 15.4. The van der Waals surface area contributed by atoms with E-state index in [9.17, 15) is 8.78 Å². The van der Waals surface area contributed by atoms with Crippen molar-refractivity contribution in [1.29, 1.82) is 0 Å². The van der Waals surface area contributed by atoms with E-state index < -0.39 is 12.5 Å². The number of alkyl halides is 2. The molecule has 8 heteroatoms. The minimum atomic E-state index is -3.07. The second-order valence-corrected chi connectivity index (χ2v) is 6.21. The maximum atomic E-state index is 14.2. The SMILES string of the molecule is FC(F)(CNc1nc(Cl)nc2sccc12)c1ccc(Cl)cc1. The monoisotopic (exact) mass is 359 g/mol. The van der Waals surface area contributed by atoms with Crippen LogP contribution in [0.15, 0.2) is 35.7 Å². The van der Waals surface area contributed by atoms with Gasteiger partial charge in [-0.05, 0) is 35.2 Å². The number of hydrogen-bond donors (Lipinski definition) is 1. The van der Waals surface area contributed by atoms with Crippen LogP contribution in [0.4, 0.5) is 14.6 Å². The van der Waals surface area contributed by atoms with Crippen molar-refractivity contribution >= 4 is 50.6 Å². The summed E-state index contributed by atoms with van der Waals surface area (Å²) in [6.45, 7) is -0.604. The van der Waals surface area contributed by atoms with Gasteiger partial charge in [0.2, 0.25) is 5.28 Å². The molecule has 3 rings (SSSR count). The highest BCUT2D eigenvalue weighted by Crippen LogP contribution is 2.31. The van der Waals surface area contributed by atoms with Gasteiger partial charge < -0.3 is 5.32 Å². The average molecular weight is 360 g/mol. The number of fused-ring (bicyclic) bond motifs is 1. The van der Waals surface area contributed by atoms with Gasteiger partial charge in [-0.3, -0.25) is 0 Å². The Bertz CT molecular complexity index is 805. The molecule has 0 aliphatic heterocycles. The number of benzene rings is 1. The number of nitrogens with one attached hydrogen (secondary N) is 1. The summed E-state index contributed by atoms with van der Waals surface area (Å²) >= 11 is 12.9. The van der Waals surface area contributed by atoms with E-state index in [0.29, 0.717) is 21.1 Å². The van der Waals surface area contributed by atoms with Crippen LogP contribution in [0.1, 0.15) is 5.56 Å². The Labute approximate surface area is 138 Å². The normalized spacial score (nSPS) is 11.8. The second-order valence-electron chi connectivity index (χ2n) is 4.55. The third-order valence-corrected chi connectivity index (χ3v) is 4.27. The Morgan fingerprint density at radius 3 is 2.55 bits per heavy atom. The van der Waals surface area contributed by atoms with Crippen LogP contribution in [0.2, 0.25) is 10.3 Å². The minimum absolute atomic E-state index is 0.0206. The highest BCUT2D eigenvalue weighted by molar-refractivity contribution is 7.16. The zero-order chi connectivity index (χ0) is 15.7. The molecule has 0 bridgehead atoms. The summed E-state index contributed by atoms with van der Waals surface area (Å²) in [5.74, 6) is -2.77. The van der Waals surface area contributed by atoms with E-state index in [-0.39, 0.29) is 10.8 Å². The molecule has 0 aliphatic carbocycles. The van der Waals surface area contributed by atoms with Crippen LogP contribution in [-0.4, -0.2) is 16.5 Å². The lowest BCUT2D eigenvalue weighted by Crippen LogP contribution is -2.25. The number of thiophene rings is 1. The van der Waals surface area contributed by atoms with Crippen molar-refractivity contribution in [2.75, 3.05) is 11.9 Å². The molecule has 0 fully saturated rings. The molecule has 0 radical (unpaired) electrons. The van der Waals surface area contributed by atoms with Crippen molar-refractivity contribution in [1.82, 2.24) is 9.97 Å². The fourth-order valence-corrected chi connectivity index (χ4v) is 3.06. The second kappa shape index (κ2) is 5.95. The molecule has 114 valence electrons. The summed E-state index contributed by atoms with van der Waals surface area (Å²) in [7, 11) is 0. The van der Waals surface area contributed by atoms with Crippen LogP contribution in [0, 0.1) is 0 Å². The van der Waals surface area contributed by atoms with Crippen LogP contribution >= 0.6 is 34.5 Å². The zero-order valence-electron chi connectivity index (χ0n) is 11.0. The maximum Gasteiger partial charge on any atom is 0.290 e. The average Bonchev–Trinajstić information content (AvgIpc) is 2.93. The third kappa shape index (κ3) is 3.14. The molecule has 0 amide bonds.